The summed E-state index contributed by atoms with van der Waals surface area (Å²) < 4.78 is 9.70. The summed E-state index contributed by atoms with van der Waals surface area (Å²) in [5.74, 6) is 1.36. The predicted molar refractivity (Wildman–Crippen MR) is 64.5 cm³/mol. The van der Waals surface area contributed by atoms with Crippen LogP contribution in [0, 0.1) is 0 Å². The Morgan fingerprint density at radius 1 is 1.62 bits per heavy atom. The van der Waals surface area contributed by atoms with Crippen molar-refractivity contribution < 1.29 is 13.9 Å². The molecule has 1 heterocycles. The molecule has 0 aromatic carbocycles. The second kappa shape index (κ2) is 5.41. The monoisotopic (exact) mass is 243 g/mol. The van der Waals surface area contributed by atoms with E-state index in [2.05, 4.69) is 4.74 Å². The van der Waals surface area contributed by atoms with Gasteiger partial charge in [0, 0.05) is 22.6 Å². The molecule has 1 rings (SSSR count). The fourth-order valence-corrected chi connectivity index (χ4v) is 2.22. The molecule has 0 fully saturated rings. The van der Waals surface area contributed by atoms with Crippen molar-refractivity contribution in [1.82, 2.24) is 0 Å². The zero-order chi connectivity index (χ0) is 12.2. The minimum atomic E-state index is -0.437. The van der Waals surface area contributed by atoms with Gasteiger partial charge in [-0.3, -0.25) is 0 Å². The van der Waals surface area contributed by atoms with Gasteiger partial charge in [-0.05, 0) is 19.9 Å². The number of nitrogens with two attached hydrogens (primary N) is 1. The van der Waals surface area contributed by atoms with E-state index in [1.807, 2.05) is 13.8 Å². The van der Waals surface area contributed by atoms with E-state index in [0.29, 0.717) is 5.75 Å². The number of esters is 1. The molecule has 1 aromatic heterocycles. The molecule has 0 bridgehead atoms. The number of hydrogen-bond donors (Lipinski definition) is 1. The summed E-state index contributed by atoms with van der Waals surface area (Å²) in [7, 11) is 1.34. The molecule has 0 unspecified atom stereocenters. The molecule has 0 saturated carbocycles. The van der Waals surface area contributed by atoms with Crippen molar-refractivity contribution >= 4 is 17.7 Å². The lowest BCUT2D eigenvalue weighted by Crippen LogP contribution is -2.34. The molecule has 90 valence electrons. The minimum Gasteiger partial charge on any atom is -0.463 e. The van der Waals surface area contributed by atoms with E-state index in [9.17, 15) is 4.79 Å². The second-order valence-corrected chi connectivity index (χ2v) is 5.23. The molecule has 2 N–H and O–H groups in total. The zero-order valence-corrected chi connectivity index (χ0v) is 10.6. The average molecular weight is 243 g/mol. The van der Waals surface area contributed by atoms with Crippen LogP contribution in [0.2, 0.25) is 0 Å². The lowest BCUT2D eigenvalue weighted by atomic mass is 10.1. The van der Waals surface area contributed by atoms with Gasteiger partial charge in [0.1, 0.15) is 0 Å². The molecule has 5 heteroatoms. The summed E-state index contributed by atoms with van der Waals surface area (Å²) >= 11 is 1.67. The van der Waals surface area contributed by atoms with Crippen LogP contribution in [-0.2, 0) is 10.5 Å². The van der Waals surface area contributed by atoms with Crippen LogP contribution in [0.3, 0.4) is 0 Å². The molecule has 1 aromatic rings. The fourth-order valence-electron chi connectivity index (χ4n) is 1.15. The van der Waals surface area contributed by atoms with Crippen LogP contribution in [0.25, 0.3) is 0 Å². The van der Waals surface area contributed by atoms with Crippen LogP contribution >= 0.6 is 11.8 Å². The maximum Gasteiger partial charge on any atom is 0.374 e. The highest BCUT2D eigenvalue weighted by atomic mass is 32.2. The van der Waals surface area contributed by atoms with Gasteiger partial charge < -0.3 is 14.9 Å². The Balaban J connectivity index is 2.55. The standard InChI is InChI=1S/C11H17NO3S/c1-11(2,12)7-16-6-8-4-5-15-9(8)10(13)14-3/h4-5H,6-7,12H2,1-3H3. The first-order chi connectivity index (χ1) is 7.44. The van der Waals surface area contributed by atoms with Crippen molar-refractivity contribution in [2.24, 2.45) is 5.73 Å². The van der Waals surface area contributed by atoms with Crippen molar-refractivity contribution in [3.63, 3.8) is 0 Å². The highest BCUT2D eigenvalue weighted by Crippen LogP contribution is 2.20. The van der Waals surface area contributed by atoms with Crippen LogP contribution in [-0.4, -0.2) is 24.4 Å². The van der Waals surface area contributed by atoms with E-state index >= 15 is 0 Å². The molecule has 0 aliphatic rings. The normalized spacial score (nSPS) is 11.5. The fraction of sp³-hybridized carbons (Fsp3) is 0.545. The number of furan rings is 1. The summed E-state index contributed by atoms with van der Waals surface area (Å²) in [4.78, 5) is 11.3. The van der Waals surface area contributed by atoms with Gasteiger partial charge in [0.2, 0.25) is 5.76 Å². The Morgan fingerprint density at radius 3 is 2.88 bits per heavy atom. The Morgan fingerprint density at radius 2 is 2.31 bits per heavy atom. The van der Waals surface area contributed by atoms with E-state index < -0.39 is 5.97 Å². The van der Waals surface area contributed by atoms with Crippen LogP contribution < -0.4 is 5.73 Å². The molecule has 0 saturated heterocycles. The predicted octanol–water partition coefficient (Wildman–Crippen LogP) is 2.04. The van der Waals surface area contributed by atoms with Crippen molar-refractivity contribution in [3.05, 3.63) is 23.7 Å². The third kappa shape index (κ3) is 3.90. The van der Waals surface area contributed by atoms with Crippen molar-refractivity contribution in [2.75, 3.05) is 12.9 Å². The number of carbonyl (C=O) groups excluding carboxylic acids is 1. The molecule has 4 nitrogen and oxygen atoms in total. The zero-order valence-electron chi connectivity index (χ0n) is 9.78. The summed E-state index contributed by atoms with van der Waals surface area (Å²) in [6.45, 7) is 3.94. The molecular formula is C11H17NO3S. The summed E-state index contributed by atoms with van der Waals surface area (Å²) in [5.41, 5.74) is 6.50. The molecule has 0 amide bonds. The van der Waals surface area contributed by atoms with Gasteiger partial charge in [-0.2, -0.15) is 11.8 Å². The van der Waals surface area contributed by atoms with Gasteiger partial charge in [-0.15, -0.1) is 0 Å². The smallest absolute Gasteiger partial charge is 0.374 e. The van der Waals surface area contributed by atoms with Gasteiger partial charge >= 0.3 is 5.97 Å². The lowest BCUT2D eigenvalue weighted by Gasteiger charge is -2.17. The molecular weight excluding hydrogens is 226 g/mol. The first-order valence-electron chi connectivity index (χ1n) is 4.95. The van der Waals surface area contributed by atoms with Crippen molar-refractivity contribution in [2.45, 2.75) is 25.1 Å². The maximum absolute atomic E-state index is 11.3. The van der Waals surface area contributed by atoms with Crippen molar-refractivity contribution in [1.29, 1.82) is 0 Å². The summed E-state index contributed by atoms with van der Waals surface area (Å²) in [6.07, 6.45) is 1.50. The van der Waals surface area contributed by atoms with E-state index in [1.165, 1.54) is 13.4 Å². The van der Waals surface area contributed by atoms with Gasteiger partial charge in [-0.25, -0.2) is 4.79 Å². The number of hydrogen-bond acceptors (Lipinski definition) is 5. The second-order valence-electron chi connectivity index (χ2n) is 4.25. The van der Waals surface area contributed by atoms with Crippen LogP contribution in [0.15, 0.2) is 16.7 Å². The van der Waals surface area contributed by atoms with Gasteiger partial charge in [0.15, 0.2) is 0 Å². The topological polar surface area (TPSA) is 65.5 Å². The van der Waals surface area contributed by atoms with E-state index in [4.69, 9.17) is 10.2 Å². The van der Waals surface area contributed by atoms with Gasteiger partial charge in [0.05, 0.1) is 13.4 Å². The Hall–Kier alpha value is -0.940. The molecule has 0 radical (unpaired) electrons. The highest BCUT2D eigenvalue weighted by Gasteiger charge is 2.17. The van der Waals surface area contributed by atoms with Gasteiger partial charge in [0.25, 0.3) is 0 Å². The highest BCUT2D eigenvalue weighted by molar-refractivity contribution is 7.98. The lowest BCUT2D eigenvalue weighted by molar-refractivity contribution is 0.0564. The largest absolute Gasteiger partial charge is 0.463 e. The molecule has 0 atom stereocenters. The summed E-state index contributed by atoms with van der Waals surface area (Å²) in [5, 5.41) is 0. The SMILES string of the molecule is COC(=O)c1occc1CSCC(C)(C)N. The first kappa shape index (κ1) is 13.1. The third-order valence-electron chi connectivity index (χ3n) is 1.85. The van der Waals surface area contributed by atoms with Crippen LogP contribution in [0.1, 0.15) is 30.0 Å². The van der Waals surface area contributed by atoms with Crippen LogP contribution in [0.4, 0.5) is 0 Å². The van der Waals surface area contributed by atoms with E-state index in [-0.39, 0.29) is 11.3 Å². The first-order valence-corrected chi connectivity index (χ1v) is 6.11. The number of ether oxygens (including phenoxy) is 1. The molecule has 0 spiro atoms. The third-order valence-corrected chi connectivity index (χ3v) is 3.31. The number of carbonyl (C=O) groups is 1. The minimum absolute atomic E-state index is 0.209. The van der Waals surface area contributed by atoms with E-state index in [0.717, 1.165) is 11.3 Å². The van der Waals surface area contributed by atoms with Crippen LogP contribution in [0.5, 0.6) is 0 Å². The molecule has 0 aliphatic heterocycles. The quantitative estimate of drug-likeness (QED) is 0.802. The Kier molecular flexibility index (Phi) is 4.44. The number of rotatable bonds is 5. The van der Waals surface area contributed by atoms with Crippen molar-refractivity contribution in [3.8, 4) is 0 Å². The Bertz CT molecular complexity index is 354. The number of methoxy groups -OCH3 is 1. The number of thioether (sulfide) groups is 1. The Labute approximate surface area is 99.5 Å². The average Bonchev–Trinajstić information content (AvgIpc) is 2.63. The van der Waals surface area contributed by atoms with Gasteiger partial charge in [-0.1, -0.05) is 0 Å². The molecule has 0 aliphatic carbocycles. The van der Waals surface area contributed by atoms with E-state index in [1.54, 1.807) is 17.8 Å². The summed E-state index contributed by atoms with van der Waals surface area (Å²) in [6, 6.07) is 1.78. The molecule has 16 heavy (non-hydrogen) atoms. The maximum atomic E-state index is 11.3.